The summed E-state index contributed by atoms with van der Waals surface area (Å²) >= 11 is 0. The van der Waals surface area contributed by atoms with Gasteiger partial charge in [0.2, 0.25) is 0 Å². The molecule has 0 heterocycles. The van der Waals surface area contributed by atoms with Crippen LogP contribution in [0.4, 0.5) is 0 Å². The van der Waals surface area contributed by atoms with E-state index in [9.17, 15) is 0 Å². The Morgan fingerprint density at radius 1 is 1.31 bits per heavy atom. The van der Waals surface area contributed by atoms with Crippen LogP contribution in [-0.4, -0.2) is 17.8 Å². The third-order valence-electron chi connectivity index (χ3n) is 2.54. The zero-order valence-corrected chi connectivity index (χ0v) is 10.3. The van der Waals surface area contributed by atoms with Crippen molar-refractivity contribution >= 4 is 0 Å². The molecule has 3 nitrogen and oxygen atoms in total. The molecule has 1 rings (SSSR count). The number of benzene rings is 1. The minimum Gasteiger partial charge on any atom is -0.493 e. The number of hydrogen-bond donors (Lipinski definition) is 2. The molecule has 90 valence electrons. The lowest BCUT2D eigenvalue weighted by molar-refractivity contribution is 0.155. The smallest absolute Gasteiger partial charge is 0.125 e. The maximum absolute atomic E-state index is 9.15. The lowest BCUT2D eigenvalue weighted by atomic mass is 10.1. The fourth-order valence-electron chi connectivity index (χ4n) is 1.72. The Labute approximate surface area is 97.2 Å². The van der Waals surface area contributed by atoms with E-state index in [1.54, 1.807) is 6.92 Å². The molecule has 0 fully saturated rings. The van der Waals surface area contributed by atoms with Crippen LogP contribution in [-0.2, 0) is 6.54 Å². The highest BCUT2D eigenvalue weighted by Crippen LogP contribution is 2.24. The van der Waals surface area contributed by atoms with Crippen LogP contribution in [0.5, 0.6) is 5.75 Å². The second-order valence-corrected chi connectivity index (χ2v) is 4.25. The van der Waals surface area contributed by atoms with Crippen LogP contribution in [0.1, 0.15) is 30.0 Å². The van der Waals surface area contributed by atoms with Crippen molar-refractivity contribution in [2.45, 2.75) is 39.8 Å². The number of aliphatic hydroxyl groups is 1. The van der Waals surface area contributed by atoms with E-state index in [4.69, 9.17) is 15.6 Å². The van der Waals surface area contributed by atoms with Crippen LogP contribution in [0.3, 0.4) is 0 Å². The highest BCUT2D eigenvalue weighted by Gasteiger charge is 2.06. The molecule has 0 aromatic heterocycles. The standard InChI is InChI=1S/C13H21NO2/c1-9-6-12(8-14)7-10(2)13(9)16-5-4-11(3)15/h6-7,11,15H,4-5,8,14H2,1-3H3. The van der Waals surface area contributed by atoms with Crippen LogP contribution in [0, 0.1) is 13.8 Å². The molecule has 1 aromatic carbocycles. The van der Waals surface area contributed by atoms with Gasteiger partial charge in [-0.05, 0) is 37.5 Å². The summed E-state index contributed by atoms with van der Waals surface area (Å²) in [5, 5.41) is 9.15. The summed E-state index contributed by atoms with van der Waals surface area (Å²) in [5.41, 5.74) is 8.93. The minimum atomic E-state index is -0.316. The van der Waals surface area contributed by atoms with Gasteiger partial charge in [-0.3, -0.25) is 0 Å². The molecule has 0 aliphatic rings. The fraction of sp³-hybridized carbons (Fsp3) is 0.538. The second kappa shape index (κ2) is 5.87. The Bertz CT molecular complexity index is 325. The molecule has 16 heavy (non-hydrogen) atoms. The van der Waals surface area contributed by atoms with Gasteiger partial charge in [-0.1, -0.05) is 12.1 Å². The van der Waals surface area contributed by atoms with Gasteiger partial charge >= 0.3 is 0 Å². The first-order chi connectivity index (χ1) is 7.54. The van der Waals surface area contributed by atoms with Gasteiger partial charge in [-0.2, -0.15) is 0 Å². The van der Waals surface area contributed by atoms with Crippen molar-refractivity contribution in [3.63, 3.8) is 0 Å². The number of ether oxygens (including phenoxy) is 1. The van der Waals surface area contributed by atoms with Crippen LogP contribution >= 0.6 is 0 Å². The molecular formula is C13H21NO2. The lowest BCUT2D eigenvalue weighted by Gasteiger charge is -2.14. The summed E-state index contributed by atoms with van der Waals surface area (Å²) in [6.07, 6.45) is 0.335. The quantitative estimate of drug-likeness (QED) is 0.801. The molecule has 0 aliphatic carbocycles. The molecule has 1 unspecified atom stereocenters. The molecule has 0 amide bonds. The maximum atomic E-state index is 9.15. The van der Waals surface area contributed by atoms with Crippen LogP contribution in [0.25, 0.3) is 0 Å². The monoisotopic (exact) mass is 223 g/mol. The Morgan fingerprint density at radius 3 is 2.31 bits per heavy atom. The zero-order valence-electron chi connectivity index (χ0n) is 10.3. The summed E-state index contributed by atoms with van der Waals surface area (Å²) in [7, 11) is 0. The third-order valence-corrected chi connectivity index (χ3v) is 2.54. The molecule has 0 saturated heterocycles. The van der Waals surface area contributed by atoms with Crippen LogP contribution in [0.15, 0.2) is 12.1 Å². The first-order valence-corrected chi connectivity index (χ1v) is 5.65. The topological polar surface area (TPSA) is 55.5 Å². The first-order valence-electron chi connectivity index (χ1n) is 5.65. The summed E-state index contributed by atoms with van der Waals surface area (Å²) in [6.45, 7) is 6.89. The van der Waals surface area contributed by atoms with Crippen LogP contribution < -0.4 is 10.5 Å². The van der Waals surface area contributed by atoms with E-state index in [-0.39, 0.29) is 6.10 Å². The van der Waals surface area contributed by atoms with Crippen molar-refractivity contribution in [2.75, 3.05) is 6.61 Å². The molecule has 3 N–H and O–H groups in total. The Kier molecular flexibility index (Phi) is 4.77. The van der Waals surface area contributed by atoms with Crippen molar-refractivity contribution < 1.29 is 9.84 Å². The van der Waals surface area contributed by atoms with E-state index < -0.39 is 0 Å². The minimum absolute atomic E-state index is 0.316. The second-order valence-electron chi connectivity index (χ2n) is 4.25. The highest BCUT2D eigenvalue weighted by molar-refractivity contribution is 5.43. The van der Waals surface area contributed by atoms with Gasteiger partial charge in [-0.25, -0.2) is 0 Å². The molecule has 0 bridgehead atoms. The van der Waals surface area contributed by atoms with Gasteiger partial charge in [0.15, 0.2) is 0 Å². The number of hydrogen-bond acceptors (Lipinski definition) is 3. The number of aliphatic hydroxyl groups excluding tert-OH is 1. The van der Waals surface area contributed by atoms with E-state index in [1.807, 2.05) is 26.0 Å². The molecule has 0 aliphatic heterocycles. The molecule has 3 heteroatoms. The van der Waals surface area contributed by atoms with Crippen molar-refractivity contribution in [1.29, 1.82) is 0 Å². The molecule has 1 aromatic rings. The van der Waals surface area contributed by atoms with Crippen molar-refractivity contribution in [1.82, 2.24) is 0 Å². The Morgan fingerprint density at radius 2 is 1.88 bits per heavy atom. The average molecular weight is 223 g/mol. The van der Waals surface area contributed by atoms with E-state index >= 15 is 0 Å². The Hall–Kier alpha value is -1.06. The summed E-state index contributed by atoms with van der Waals surface area (Å²) in [4.78, 5) is 0. The third kappa shape index (κ3) is 3.51. The predicted molar refractivity (Wildman–Crippen MR) is 65.6 cm³/mol. The molecular weight excluding hydrogens is 202 g/mol. The molecule has 1 atom stereocenters. The van der Waals surface area contributed by atoms with E-state index in [1.165, 1.54) is 0 Å². The van der Waals surface area contributed by atoms with E-state index in [0.29, 0.717) is 19.6 Å². The highest BCUT2D eigenvalue weighted by atomic mass is 16.5. The largest absolute Gasteiger partial charge is 0.493 e. The van der Waals surface area contributed by atoms with E-state index in [2.05, 4.69) is 0 Å². The van der Waals surface area contributed by atoms with Gasteiger partial charge in [0.25, 0.3) is 0 Å². The van der Waals surface area contributed by atoms with Gasteiger partial charge in [0.1, 0.15) is 5.75 Å². The molecule has 0 saturated carbocycles. The predicted octanol–water partition coefficient (Wildman–Crippen LogP) is 1.91. The number of aryl methyl sites for hydroxylation is 2. The van der Waals surface area contributed by atoms with Gasteiger partial charge in [0, 0.05) is 13.0 Å². The SMILES string of the molecule is Cc1cc(CN)cc(C)c1OCCC(C)O. The van der Waals surface area contributed by atoms with E-state index in [0.717, 1.165) is 22.4 Å². The number of nitrogens with two attached hydrogens (primary N) is 1. The normalized spacial score (nSPS) is 12.6. The first kappa shape index (κ1) is 13.0. The maximum Gasteiger partial charge on any atom is 0.125 e. The molecule has 0 radical (unpaired) electrons. The van der Waals surface area contributed by atoms with Gasteiger partial charge in [0.05, 0.1) is 12.7 Å². The van der Waals surface area contributed by atoms with Gasteiger partial charge in [-0.15, -0.1) is 0 Å². The summed E-state index contributed by atoms with van der Waals surface area (Å²) < 4.78 is 5.68. The Balaban J connectivity index is 2.72. The lowest BCUT2D eigenvalue weighted by Crippen LogP contribution is -2.09. The summed E-state index contributed by atoms with van der Waals surface area (Å²) in [6, 6.07) is 4.09. The summed E-state index contributed by atoms with van der Waals surface area (Å²) in [5.74, 6) is 0.915. The average Bonchev–Trinajstić information content (AvgIpc) is 2.21. The zero-order chi connectivity index (χ0) is 12.1. The number of rotatable bonds is 5. The molecule has 0 spiro atoms. The van der Waals surface area contributed by atoms with Crippen LogP contribution in [0.2, 0.25) is 0 Å². The van der Waals surface area contributed by atoms with Gasteiger partial charge < -0.3 is 15.6 Å². The fourth-order valence-corrected chi connectivity index (χ4v) is 1.72. The van der Waals surface area contributed by atoms with Crippen molar-refractivity contribution in [3.8, 4) is 5.75 Å². The van der Waals surface area contributed by atoms with Crippen molar-refractivity contribution in [3.05, 3.63) is 28.8 Å². The van der Waals surface area contributed by atoms with Crippen molar-refractivity contribution in [2.24, 2.45) is 5.73 Å².